The Morgan fingerprint density at radius 3 is 2.47 bits per heavy atom. The van der Waals surface area contributed by atoms with Crippen molar-refractivity contribution in [3.8, 4) is 5.88 Å². The molecule has 0 aliphatic carbocycles. The van der Waals surface area contributed by atoms with E-state index in [0.717, 1.165) is 24.5 Å². The van der Waals surface area contributed by atoms with Gasteiger partial charge in [0.25, 0.3) is 5.91 Å². The maximum atomic E-state index is 13.2. The summed E-state index contributed by atoms with van der Waals surface area (Å²) in [7, 11) is 3.86. The van der Waals surface area contributed by atoms with Crippen LogP contribution in [-0.4, -0.2) is 48.4 Å². The minimum absolute atomic E-state index is 0.0945. The molecule has 0 bridgehead atoms. The van der Waals surface area contributed by atoms with Gasteiger partial charge in [0.2, 0.25) is 5.88 Å². The lowest BCUT2D eigenvalue weighted by Gasteiger charge is -2.12. The zero-order valence-corrected chi connectivity index (χ0v) is 17.7. The van der Waals surface area contributed by atoms with Gasteiger partial charge in [0.05, 0.1) is 0 Å². The van der Waals surface area contributed by atoms with Crippen LogP contribution >= 0.6 is 11.5 Å². The van der Waals surface area contributed by atoms with Crippen molar-refractivity contribution in [3.05, 3.63) is 40.5 Å². The topological polar surface area (TPSA) is 110 Å². The smallest absolute Gasteiger partial charge is 0.319 e. The molecule has 0 aliphatic rings. The Hall–Kier alpha value is -2.79. The predicted octanol–water partition coefficient (Wildman–Crippen LogP) is 2.83. The maximum absolute atomic E-state index is 13.2. The second-order valence-electron chi connectivity index (χ2n) is 6.70. The number of rotatable bonds is 11. The van der Waals surface area contributed by atoms with E-state index in [1.54, 1.807) is 6.07 Å². The summed E-state index contributed by atoms with van der Waals surface area (Å²) in [6.07, 6.45) is 0.755. The van der Waals surface area contributed by atoms with Crippen LogP contribution in [-0.2, 0) is 20.0 Å². The lowest BCUT2D eigenvalue weighted by Crippen LogP contribution is -2.31. The van der Waals surface area contributed by atoms with E-state index in [2.05, 4.69) is 15.0 Å². The normalized spacial score (nSPS) is 10.8. The highest BCUT2D eigenvalue weighted by Gasteiger charge is 2.22. The largest absolute Gasteiger partial charge is 0.472 e. The van der Waals surface area contributed by atoms with E-state index in [1.165, 1.54) is 12.1 Å². The van der Waals surface area contributed by atoms with Crippen molar-refractivity contribution in [2.24, 2.45) is 5.73 Å². The van der Waals surface area contributed by atoms with E-state index in [4.69, 9.17) is 10.5 Å². The summed E-state index contributed by atoms with van der Waals surface area (Å²) in [4.78, 5) is 25.9. The number of benzene rings is 1. The fourth-order valence-corrected chi connectivity index (χ4v) is 3.42. The van der Waals surface area contributed by atoms with E-state index in [0.29, 0.717) is 12.1 Å². The quantitative estimate of drug-likeness (QED) is 0.465. The molecule has 0 radical (unpaired) electrons. The molecule has 1 heterocycles. The van der Waals surface area contributed by atoms with Crippen molar-refractivity contribution in [2.45, 2.75) is 26.4 Å². The molecule has 164 valence electrons. The standard InChI is InChI=1S/C19H25F2N5O3S/c1-26(2)8-4-7-23-19(28)24-18-15(16(22)27)17(25-30-18)29-11-14-12(9-20)5-3-6-13(14)10-21/h3,5-6H,4,7-11H2,1-2H3,(H2,22,27)(H2,23,24,28). The summed E-state index contributed by atoms with van der Waals surface area (Å²) in [6.45, 7) is -0.504. The van der Waals surface area contributed by atoms with Gasteiger partial charge in [-0.25, -0.2) is 13.6 Å². The van der Waals surface area contributed by atoms with Crippen LogP contribution in [0.2, 0.25) is 0 Å². The molecule has 8 nitrogen and oxygen atoms in total. The molecule has 0 atom stereocenters. The Morgan fingerprint density at radius 2 is 1.90 bits per heavy atom. The fourth-order valence-electron chi connectivity index (χ4n) is 2.69. The van der Waals surface area contributed by atoms with Crippen molar-refractivity contribution >= 4 is 28.5 Å². The minimum atomic E-state index is -0.842. The lowest BCUT2D eigenvalue weighted by atomic mass is 10.0. The number of carbonyl (C=O) groups excluding carboxylic acids is 2. The summed E-state index contributed by atoms with van der Waals surface area (Å²) in [5.41, 5.74) is 6.25. The first kappa shape index (κ1) is 23.5. The summed E-state index contributed by atoms with van der Waals surface area (Å²) in [5.74, 6) is -0.944. The molecule has 11 heteroatoms. The van der Waals surface area contributed by atoms with Crippen LogP contribution in [0, 0.1) is 0 Å². The van der Waals surface area contributed by atoms with Crippen molar-refractivity contribution in [3.63, 3.8) is 0 Å². The number of urea groups is 1. The third kappa shape index (κ3) is 6.36. The Labute approximate surface area is 177 Å². The molecule has 30 heavy (non-hydrogen) atoms. The number of nitrogens with two attached hydrogens (primary N) is 1. The van der Waals surface area contributed by atoms with Crippen LogP contribution in [0.1, 0.15) is 33.5 Å². The number of carbonyl (C=O) groups is 2. The number of halogens is 2. The van der Waals surface area contributed by atoms with Crippen molar-refractivity contribution in [1.82, 2.24) is 14.6 Å². The van der Waals surface area contributed by atoms with Gasteiger partial charge in [-0.2, -0.15) is 4.37 Å². The molecule has 4 N–H and O–H groups in total. The predicted molar refractivity (Wildman–Crippen MR) is 111 cm³/mol. The van der Waals surface area contributed by atoms with E-state index in [9.17, 15) is 18.4 Å². The number of aromatic nitrogens is 1. The highest BCUT2D eigenvalue weighted by atomic mass is 32.1. The van der Waals surface area contributed by atoms with Crippen molar-refractivity contribution in [1.29, 1.82) is 0 Å². The van der Waals surface area contributed by atoms with Gasteiger partial charge >= 0.3 is 6.03 Å². The highest BCUT2D eigenvalue weighted by molar-refractivity contribution is 7.11. The molecule has 0 spiro atoms. The van der Waals surface area contributed by atoms with Gasteiger partial charge in [-0.3, -0.25) is 10.1 Å². The van der Waals surface area contributed by atoms with Crippen LogP contribution in [0.4, 0.5) is 18.6 Å². The summed E-state index contributed by atoms with van der Waals surface area (Å²) >= 11 is 0.828. The molecule has 2 rings (SSSR count). The van der Waals surface area contributed by atoms with E-state index < -0.39 is 25.3 Å². The van der Waals surface area contributed by atoms with Gasteiger partial charge in [0.1, 0.15) is 30.5 Å². The summed E-state index contributed by atoms with van der Waals surface area (Å²) in [6, 6.07) is 4.11. The van der Waals surface area contributed by atoms with Gasteiger partial charge in [0.15, 0.2) is 0 Å². The Bertz CT molecular complexity index is 854. The van der Waals surface area contributed by atoms with E-state index >= 15 is 0 Å². The maximum Gasteiger partial charge on any atom is 0.319 e. The minimum Gasteiger partial charge on any atom is -0.472 e. The summed E-state index contributed by atoms with van der Waals surface area (Å²) in [5, 5.41) is 5.34. The van der Waals surface area contributed by atoms with Gasteiger partial charge in [0, 0.05) is 12.1 Å². The number of nitrogens with one attached hydrogen (secondary N) is 2. The first-order chi connectivity index (χ1) is 14.4. The number of anilines is 1. The van der Waals surface area contributed by atoms with Gasteiger partial charge < -0.3 is 20.7 Å². The molecule has 0 saturated heterocycles. The number of hydrogen-bond donors (Lipinski definition) is 3. The molecule has 0 fully saturated rings. The van der Waals surface area contributed by atoms with E-state index in [-0.39, 0.29) is 34.2 Å². The van der Waals surface area contributed by atoms with Gasteiger partial charge in [-0.1, -0.05) is 18.2 Å². The zero-order valence-electron chi connectivity index (χ0n) is 16.8. The highest BCUT2D eigenvalue weighted by Crippen LogP contribution is 2.31. The first-order valence-electron chi connectivity index (χ1n) is 9.20. The lowest BCUT2D eigenvalue weighted by molar-refractivity contribution is 0.0996. The van der Waals surface area contributed by atoms with E-state index in [1.807, 2.05) is 19.0 Å². The third-order valence-corrected chi connectivity index (χ3v) is 4.96. The fraction of sp³-hybridized carbons (Fsp3) is 0.421. The second-order valence-corrected chi connectivity index (χ2v) is 7.48. The first-order valence-corrected chi connectivity index (χ1v) is 9.98. The average Bonchev–Trinajstić information content (AvgIpc) is 3.11. The molecule has 1 aromatic heterocycles. The summed E-state index contributed by atoms with van der Waals surface area (Å²) < 4.78 is 36.0. The number of primary amides is 1. The van der Waals surface area contributed by atoms with Gasteiger partial charge in [-0.05, 0) is 49.7 Å². The van der Waals surface area contributed by atoms with Crippen LogP contribution < -0.4 is 21.1 Å². The molecular formula is C19H25F2N5O3S. The van der Waals surface area contributed by atoms with Crippen molar-refractivity contribution < 1.29 is 23.1 Å². The monoisotopic (exact) mass is 441 g/mol. The van der Waals surface area contributed by atoms with Crippen LogP contribution in [0.3, 0.4) is 0 Å². The molecule has 0 aliphatic heterocycles. The van der Waals surface area contributed by atoms with Gasteiger partial charge in [-0.15, -0.1) is 0 Å². The molecule has 2 aromatic rings. The zero-order chi connectivity index (χ0) is 22.1. The van der Waals surface area contributed by atoms with Crippen molar-refractivity contribution in [2.75, 3.05) is 32.5 Å². The number of nitrogens with zero attached hydrogens (tertiary/aromatic N) is 2. The van der Waals surface area contributed by atoms with Crippen LogP contribution in [0.15, 0.2) is 18.2 Å². The Kier molecular flexibility index (Phi) is 8.93. The van der Waals surface area contributed by atoms with Crippen LogP contribution in [0.5, 0.6) is 5.88 Å². The molecule has 1 aromatic carbocycles. The second kappa shape index (κ2) is 11.4. The number of ether oxygens (including phenoxy) is 1. The molecule has 0 saturated carbocycles. The molecule has 3 amide bonds. The Balaban J connectivity index is 2.08. The average molecular weight is 442 g/mol. The van der Waals surface area contributed by atoms with Crippen LogP contribution in [0.25, 0.3) is 0 Å². The third-order valence-electron chi connectivity index (χ3n) is 4.21. The molecule has 0 unspecified atom stereocenters. The molecular weight excluding hydrogens is 416 g/mol. The number of hydrogen-bond acceptors (Lipinski definition) is 6. The number of amides is 3. The SMILES string of the molecule is CN(C)CCCNC(=O)Nc1snc(OCc2c(CF)cccc2CF)c1C(N)=O. The Morgan fingerprint density at radius 1 is 1.23 bits per heavy atom. The number of alkyl halides is 2.